The van der Waals surface area contributed by atoms with Crippen molar-refractivity contribution in [2.75, 3.05) is 7.11 Å². The third kappa shape index (κ3) is 3.41. The molecule has 0 aromatic heterocycles. The van der Waals surface area contributed by atoms with Crippen LogP contribution in [0.25, 0.3) is 10.8 Å². The van der Waals surface area contributed by atoms with Gasteiger partial charge in [0, 0.05) is 0 Å². The van der Waals surface area contributed by atoms with Crippen LogP contribution in [0, 0.1) is 5.82 Å². The molecule has 24 heavy (non-hydrogen) atoms. The summed E-state index contributed by atoms with van der Waals surface area (Å²) >= 11 is 0. The molecule has 0 unspecified atom stereocenters. The Bertz CT molecular complexity index is 905. The highest BCUT2D eigenvalue weighted by atomic mass is 19.1. The monoisotopic (exact) mass is 322 g/mol. The molecule has 1 N–H and O–H groups in total. The minimum Gasteiger partial charge on any atom is -0.496 e. The summed E-state index contributed by atoms with van der Waals surface area (Å²) in [4.78, 5) is 12.3. The first-order valence-electron chi connectivity index (χ1n) is 7.33. The quantitative estimate of drug-likeness (QED) is 0.587. The second-order valence-electron chi connectivity index (χ2n) is 5.15. The summed E-state index contributed by atoms with van der Waals surface area (Å²) in [6.45, 7) is 0. The maximum absolute atomic E-state index is 12.8. The van der Waals surface area contributed by atoms with Gasteiger partial charge in [-0.3, -0.25) is 4.79 Å². The molecule has 0 aliphatic rings. The molecule has 0 saturated carbocycles. The van der Waals surface area contributed by atoms with Crippen LogP contribution in [0.3, 0.4) is 0 Å². The molecule has 0 bridgehead atoms. The first-order valence-corrected chi connectivity index (χ1v) is 7.33. The number of benzene rings is 3. The number of amides is 1. The lowest BCUT2D eigenvalue weighted by molar-refractivity contribution is 0.0952. The molecule has 0 aliphatic heterocycles. The molecule has 0 saturated heterocycles. The molecule has 0 atom stereocenters. The lowest BCUT2D eigenvalue weighted by Crippen LogP contribution is -2.18. The fourth-order valence-corrected chi connectivity index (χ4v) is 2.34. The number of nitrogens with one attached hydrogen (secondary N) is 1. The van der Waals surface area contributed by atoms with Gasteiger partial charge in [0.05, 0.1) is 18.9 Å². The van der Waals surface area contributed by atoms with E-state index in [9.17, 15) is 9.18 Å². The molecule has 0 heterocycles. The van der Waals surface area contributed by atoms with Crippen molar-refractivity contribution in [3.63, 3.8) is 0 Å². The van der Waals surface area contributed by atoms with E-state index in [0.29, 0.717) is 16.9 Å². The molecule has 0 aliphatic carbocycles. The van der Waals surface area contributed by atoms with Gasteiger partial charge in [-0.1, -0.05) is 36.4 Å². The van der Waals surface area contributed by atoms with Gasteiger partial charge in [-0.25, -0.2) is 9.82 Å². The zero-order valence-electron chi connectivity index (χ0n) is 13.0. The minimum atomic E-state index is -0.379. The Hall–Kier alpha value is -3.21. The summed E-state index contributed by atoms with van der Waals surface area (Å²) in [5.74, 6) is -0.226. The van der Waals surface area contributed by atoms with E-state index in [2.05, 4.69) is 10.5 Å². The number of hydrogen-bond donors (Lipinski definition) is 1. The van der Waals surface area contributed by atoms with Crippen molar-refractivity contribution in [1.29, 1.82) is 0 Å². The number of nitrogens with zero attached hydrogens (tertiary/aromatic N) is 1. The fraction of sp³-hybridized carbons (Fsp3) is 0.0526. The highest BCUT2D eigenvalue weighted by Gasteiger charge is 2.13. The van der Waals surface area contributed by atoms with E-state index in [4.69, 9.17) is 4.74 Å². The maximum atomic E-state index is 12.8. The number of hydrogen-bond acceptors (Lipinski definition) is 3. The highest BCUT2D eigenvalue weighted by Crippen LogP contribution is 2.25. The van der Waals surface area contributed by atoms with Gasteiger partial charge in [-0.2, -0.15) is 5.10 Å². The lowest BCUT2D eigenvalue weighted by Gasteiger charge is -2.09. The van der Waals surface area contributed by atoms with Crippen LogP contribution < -0.4 is 10.2 Å². The summed E-state index contributed by atoms with van der Waals surface area (Å²) in [6.07, 6.45) is 1.45. The third-order valence-corrected chi connectivity index (χ3v) is 3.56. The van der Waals surface area contributed by atoms with Crippen LogP contribution in [-0.2, 0) is 0 Å². The van der Waals surface area contributed by atoms with Gasteiger partial charge >= 0.3 is 0 Å². The number of methoxy groups -OCH3 is 1. The van der Waals surface area contributed by atoms with E-state index in [1.54, 1.807) is 18.2 Å². The zero-order chi connectivity index (χ0) is 16.9. The predicted octanol–water partition coefficient (Wildman–Crippen LogP) is 3.75. The smallest absolute Gasteiger partial charge is 0.275 e. The standard InChI is InChI=1S/C19H15FN2O2/c1-24-18-11-15-5-3-2-4-14(15)10-17(18)19(23)22-21-12-13-6-8-16(20)9-7-13/h2-12H,1H3,(H,22,23)/b21-12-. The second-order valence-corrected chi connectivity index (χ2v) is 5.15. The first kappa shape index (κ1) is 15.7. The van der Waals surface area contributed by atoms with E-state index in [0.717, 1.165) is 10.8 Å². The number of carbonyl (C=O) groups excluding carboxylic acids is 1. The molecular weight excluding hydrogens is 307 g/mol. The first-order chi connectivity index (χ1) is 11.7. The van der Waals surface area contributed by atoms with Crippen molar-refractivity contribution in [2.24, 2.45) is 5.10 Å². The molecule has 4 nitrogen and oxygen atoms in total. The SMILES string of the molecule is COc1cc2ccccc2cc1C(=O)N/N=C\c1ccc(F)cc1. The van der Waals surface area contributed by atoms with Crippen molar-refractivity contribution in [1.82, 2.24) is 5.43 Å². The van der Waals surface area contributed by atoms with Crippen molar-refractivity contribution in [3.8, 4) is 5.75 Å². The molecule has 3 rings (SSSR count). The van der Waals surface area contributed by atoms with Gasteiger partial charge in [0.15, 0.2) is 0 Å². The van der Waals surface area contributed by atoms with E-state index in [1.807, 2.05) is 30.3 Å². The average Bonchev–Trinajstić information content (AvgIpc) is 2.62. The predicted molar refractivity (Wildman–Crippen MR) is 92.0 cm³/mol. The molecule has 3 aromatic rings. The molecule has 120 valence electrons. The Balaban J connectivity index is 1.81. The number of carbonyl (C=O) groups is 1. The Morgan fingerprint density at radius 2 is 1.75 bits per heavy atom. The average molecular weight is 322 g/mol. The molecule has 3 aromatic carbocycles. The number of fused-ring (bicyclic) bond motifs is 1. The molecule has 0 spiro atoms. The molecule has 0 fully saturated rings. The van der Waals surface area contributed by atoms with E-state index in [-0.39, 0.29) is 11.7 Å². The summed E-state index contributed by atoms with van der Waals surface area (Å²) < 4.78 is 18.1. The van der Waals surface area contributed by atoms with E-state index < -0.39 is 0 Å². The minimum absolute atomic E-state index is 0.322. The van der Waals surface area contributed by atoms with Crippen LogP contribution >= 0.6 is 0 Å². The van der Waals surface area contributed by atoms with Gasteiger partial charge in [-0.05, 0) is 40.6 Å². The molecular formula is C19H15FN2O2. The highest BCUT2D eigenvalue weighted by molar-refractivity contribution is 6.01. The van der Waals surface area contributed by atoms with Crippen molar-refractivity contribution >= 4 is 22.9 Å². The molecule has 1 amide bonds. The van der Waals surface area contributed by atoms with Gasteiger partial charge in [-0.15, -0.1) is 0 Å². The normalized spacial score (nSPS) is 10.9. The largest absolute Gasteiger partial charge is 0.496 e. The number of ether oxygens (including phenoxy) is 1. The second kappa shape index (κ2) is 6.91. The topological polar surface area (TPSA) is 50.7 Å². The van der Waals surface area contributed by atoms with Crippen LogP contribution in [-0.4, -0.2) is 19.2 Å². The maximum Gasteiger partial charge on any atom is 0.275 e. The molecule has 0 radical (unpaired) electrons. The van der Waals surface area contributed by atoms with Crippen LogP contribution in [0.2, 0.25) is 0 Å². The Labute approximate surface area is 138 Å². The van der Waals surface area contributed by atoms with Gasteiger partial charge in [0.1, 0.15) is 11.6 Å². The number of rotatable bonds is 4. The summed E-state index contributed by atoms with van der Waals surface area (Å²) in [5.41, 5.74) is 3.54. The number of hydrazone groups is 1. The fourth-order valence-electron chi connectivity index (χ4n) is 2.34. The summed E-state index contributed by atoms with van der Waals surface area (Å²) in [6, 6.07) is 17.1. The van der Waals surface area contributed by atoms with Crippen molar-refractivity contribution in [2.45, 2.75) is 0 Å². The van der Waals surface area contributed by atoms with Crippen LogP contribution in [0.4, 0.5) is 4.39 Å². The van der Waals surface area contributed by atoms with Crippen molar-refractivity contribution < 1.29 is 13.9 Å². The van der Waals surface area contributed by atoms with Gasteiger partial charge in [0.2, 0.25) is 0 Å². The summed E-state index contributed by atoms with van der Waals surface area (Å²) in [7, 11) is 1.52. The lowest BCUT2D eigenvalue weighted by atomic mass is 10.1. The van der Waals surface area contributed by atoms with E-state index in [1.165, 1.54) is 25.5 Å². The van der Waals surface area contributed by atoms with E-state index >= 15 is 0 Å². The Kier molecular flexibility index (Phi) is 4.52. The van der Waals surface area contributed by atoms with Crippen LogP contribution in [0.5, 0.6) is 5.75 Å². The third-order valence-electron chi connectivity index (χ3n) is 3.56. The summed E-state index contributed by atoms with van der Waals surface area (Å²) in [5, 5.41) is 5.82. The number of halogens is 1. The Morgan fingerprint density at radius 3 is 2.42 bits per heavy atom. The van der Waals surface area contributed by atoms with Crippen LogP contribution in [0.1, 0.15) is 15.9 Å². The van der Waals surface area contributed by atoms with Crippen LogP contribution in [0.15, 0.2) is 65.8 Å². The molecule has 5 heteroatoms. The Morgan fingerprint density at radius 1 is 1.08 bits per heavy atom. The van der Waals surface area contributed by atoms with Gasteiger partial charge in [0.25, 0.3) is 5.91 Å². The van der Waals surface area contributed by atoms with Crippen molar-refractivity contribution in [3.05, 3.63) is 77.6 Å². The van der Waals surface area contributed by atoms with Gasteiger partial charge < -0.3 is 4.74 Å². The zero-order valence-corrected chi connectivity index (χ0v) is 13.0.